The largest absolute Gasteiger partial charge is 0.493 e. The third-order valence-electron chi connectivity index (χ3n) is 6.24. The lowest BCUT2D eigenvalue weighted by molar-refractivity contribution is -0.140. The first-order valence-electron chi connectivity index (χ1n) is 13.1. The first-order valence-corrected chi connectivity index (χ1v) is 14.0. The lowest BCUT2D eigenvalue weighted by Crippen LogP contribution is -2.40. The summed E-state index contributed by atoms with van der Waals surface area (Å²) in [6, 6.07) is 12.1. The van der Waals surface area contributed by atoms with Crippen molar-refractivity contribution in [2.45, 2.75) is 33.2 Å². The smallest absolute Gasteiger partial charge is 0.338 e. The SMILES string of the molecule is CCCOc1ccccc1/C=c1/sc2n(c1=O)[C@H](c1cccc(OC)c1OCC)C(C(=O)OCCOC)=C(C)N=2. The van der Waals surface area contributed by atoms with Gasteiger partial charge in [-0.05, 0) is 38.5 Å². The number of aromatic nitrogens is 1. The average Bonchev–Trinajstić information content (AvgIpc) is 3.26. The van der Waals surface area contributed by atoms with Crippen molar-refractivity contribution in [3.05, 3.63) is 84.5 Å². The Morgan fingerprint density at radius 1 is 1.02 bits per heavy atom. The van der Waals surface area contributed by atoms with Crippen molar-refractivity contribution >= 4 is 23.4 Å². The number of allylic oxidation sites excluding steroid dienone is 1. The minimum Gasteiger partial charge on any atom is -0.493 e. The Morgan fingerprint density at radius 2 is 1.80 bits per heavy atom. The molecular weight excluding hydrogens is 532 g/mol. The number of rotatable bonds is 12. The summed E-state index contributed by atoms with van der Waals surface area (Å²) in [6.45, 7) is 6.87. The van der Waals surface area contributed by atoms with Gasteiger partial charge in [-0.25, -0.2) is 9.79 Å². The maximum absolute atomic E-state index is 14.1. The van der Waals surface area contributed by atoms with Crippen LogP contribution in [0.5, 0.6) is 17.2 Å². The number of methoxy groups -OCH3 is 2. The van der Waals surface area contributed by atoms with Crippen LogP contribution in [0.1, 0.15) is 44.4 Å². The van der Waals surface area contributed by atoms with E-state index in [0.29, 0.717) is 51.1 Å². The van der Waals surface area contributed by atoms with E-state index in [2.05, 4.69) is 4.99 Å². The van der Waals surface area contributed by atoms with E-state index >= 15 is 0 Å². The highest BCUT2D eigenvalue weighted by Gasteiger charge is 2.36. The van der Waals surface area contributed by atoms with E-state index in [0.717, 1.165) is 12.0 Å². The van der Waals surface area contributed by atoms with E-state index in [-0.39, 0.29) is 24.3 Å². The molecule has 3 aromatic rings. The second-order valence-electron chi connectivity index (χ2n) is 8.91. The minimum atomic E-state index is -0.850. The Balaban J connectivity index is 1.95. The molecule has 0 radical (unpaired) electrons. The third kappa shape index (κ3) is 5.97. The van der Waals surface area contributed by atoms with E-state index in [1.165, 1.54) is 23.0 Å². The molecule has 0 saturated heterocycles. The molecule has 212 valence electrons. The van der Waals surface area contributed by atoms with Crippen LogP contribution in [0, 0.1) is 0 Å². The van der Waals surface area contributed by atoms with E-state index in [1.54, 1.807) is 32.2 Å². The van der Waals surface area contributed by atoms with E-state index in [4.69, 9.17) is 23.7 Å². The van der Waals surface area contributed by atoms with Crippen LogP contribution in [0.3, 0.4) is 0 Å². The van der Waals surface area contributed by atoms with Crippen molar-refractivity contribution in [3.63, 3.8) is 0 Å². The first-order chi connectivity index (χ1) is 19.4. The molecule has 0 bridgehead atoms. The van der Waals surface area contributed by atoms with Gasteiger partial charge in [-0.2, -0.15) is 0 Å². The van der Waals surface area contributed by atoms with E-state index in [1.807, 2.05) is 44.2 Å². The maximum Gasteiger partial charge on any atom is 0.338 e. The van der Waals surface area contributed by atoms with Gasteiger partial charge in [0.25, 0.3) is 5.56 Å². The van der Waals surface area contributed by atoms with Gasteiger partial charge in [0, 0.05) is 18.2 Å². The number of benzene rings is 2. The summed E-state index contributed by atoms with van der Waals surface area (Å²) < 4.78 is 30.0. The standard InChI is InChI=1S/C30H34N2O7S/c1-6-15-38-22-13-9-8-11-20(22)18-24-28(33)32-26(21-12-10-14-23(36-5)27(21)37-7-2)25(19(3)31-30(32)40-24)29(34)39-17-16-35-4/h8-14,18,26H,6-7,15-17H2,1-5H3/b24-18+/t26-/m1/s1. The van der Waals surface area contributed by atoms with Crippen LogP contribution >= 0.6 is 11.3 Å². The average molecular weight is 567 g/mol. The van der Waals surface area contributed by atoms with Gasteiger partial charge in [0.15, 0.2) is 16.3 Å². The number of esters is 1. The van der Waals surface area contributed by atoms with Gasteiger partial charge in [-0.15, -0.1) is 0 Å². The third-order valence-corrected chi connectivity index (χ3v) is 7.22. The Labute approximate surface area is 236 Å². The molecule has 2 heterocycles. The van der Waals surface area contributed by atoms with Crippen LogP contribution in [0.4, 0.5) is 0 Å². The van der Waals surface area contributed by atoms with Crippen molar-refractivity contribution in [2.24, 2.45) is 4.99 Å². The second kappa shape index (κ2) is 13.5. The summed E-state index contributed by atoms with van der Waals surface area (Å²) in [4.78, 5) is 32.6. The molecule has 10 heteroatoms. The number of para-hydroxylation sites is 2. The second-order valence-corrected chi connectivity index (χ2v) is 9.92. The molecule has 0 saturated carbocycles. The fourth-order valence-corrected chi connectivity index (χ4v) is 5.50. The molecule has 0 amide bonds. The Morgan fingerprint density at radius 3 is 2.52 bits per heavy atom. The maximum atomic E-state index is 14.1. The number of hydrogen-bond acceptors (Lipinski definition) is 9. The number of fused-ring (bicyclic) bond motifs is 1. The highest BCUT2D eigenvalue weighted by Crippen LogP contribution is 2.40. The van der Waals surface area contributed by atoms with Gasteiger partial charge in [0.1, 0.15) is 18.4 Å². The van der Waals surface area contributed by atoms with Crippen molar-refractivity contribution in [1.82, 2.24) is 4.57 Å². The predicted molar refractivity (Wildman–Crippen MR) is 153 cm³/mol. The Kier molecular flexibility index (Phi) is 9.79. The van der Waals surface area contributed by atoms with E-state index in [9.17, 15) is 9.59 Å². The zero-order chi connectivity index (χ0) is 28.6. The fraction of sp³-hybridized carbons (Fsp3) is 0.367. The summed E-state index contributed by atoms with van der Waals surface area (Å²) in [5.41, 5.74) is 1.78. The number of hydrogen-bond donors (Lipinski definition) is 0. The highest BCUT2D eigenvalue weighted by molar-refractivity contribution is 7.07. The molecule has 9 nitrogen and oxygen atoms in total. The van der Waals surface area contributed by atoms with Gasteiger partial charge in [-0.3, -0.25) is 9.36 Å². The molecule has 1 atom stereocenters. The summed E-state index contributed by atoms with van der Waals surface area (Å²) in [5.74, 6) is 1.05. The number of carbonyl (C=O) groups excluding carboxylic acids is 1. The predicted octanol–water partition coefficient (Wildman–Crippen LogP) is 3.62. The lowest BCUT2D eigenvalue weighted by Gasteiger charge is -2.27. The molecular formula is C30H34N2O7S. The monoisotopic (exact) mass is 566 g/mol. The molecule has 0 aliphatic carbocycles. The minimum absolute atomic E-state index is 0.0637. The molecule has 1 aliphatic rings. The fourth-order valence-electron chi connectivity index (χ4n) is 4.46. The topological polar surface area (TPSA) is 97.6 Å². The number of thiazole rings is 1. The van der Waals surface area contributed by atoms with Gasteiger partial charge in [-0.1, -0.05) is 48.6 Å². The molecule has 0 spiro atoms. The molecule has 2 aromatic carbocycles. The molecule has 40 heavy (non-hydrogen) atoms. The van der Waals surface area contributed by atoms with Crippen LogP contribution in [0.15, 0.2) is 63.5 Å². The molecule has 0 N–H and O–H groups in total. The van der Waals surface area contributed by atoms with E-state index < -0.39 is 12.0 Å². The number of ether oxygens (including phenoxy) is 5. The summed E-state index contributed by atoms with van der Waals surface area (Å²) in [5, 5.41) is 0. The normalized spacial score (nSPS) is 14.9. The van der Waals surface area contributed by atoms with Crippen molar-refractivity contribution in [2.75, 3.05) is 40.6 Å². The molecule has 0 fully saturated rings. The zero-order valence-corrected chi connectivity index (χ0v) is 24.2. The summed E-state index contributed by atoms with van der Waals surface area (Å²) in [6.07, 6.45) is 2.67. The molecule has 1 aliphatic heterocycles. The molecule has 1 aromatic heterocycles. The highest BCUT2D eigenvalue weighted by atomic mass is 32.1. The Hall–Kier alpha value is -3.89. The van der Waals surface area contributed by atoms with Crippen LogP contribution in [0.25, 0.3) is 6.08 Å². The van der Waals surface area contributed by atoms with Crippen molar-refractivity contribution in [3.8, 4) is 17.2 Å². The quantitative estimate of drug-likeness (QED) is 0.244. The van der Waals surface area contributed by atoms with Crippen LogP contribution in [0.2, 0.25) is 0 Å². The zero-order valence-electron chi connectivity index (χ0n) is 23.4. The number of carbonyl (C=O) groups is 1. The van der Waals surface area contributed by atoms with Gasteiger partial charge in [0.05, 0.1) is 42.7 Å². The van der Waals surface area contributed by atoms with Gasteiger partial charge >= 0.3 is 5.97 Å². The molecule has 0 unspecified atom stereocenters. The van der Waals surface area contributed by atoms with Crippen molar-refractivity contribution in [1.29, 1.82) is 0 Å². The molecule has 4 rings (SSSR count). The first kappa shape index (κ1) is 29.1. The summed E-state index contributed by atoms with van der Waals surface area (Å²) in [7, 11) is 3.08. The van der Waals surface area contributed by atoms with Crippen LogP contribution in [-0.2, 0) is 14.3 Å². The Bertz CT molecular complexity index is 1570. The van der Waals surface area contributed by atoms with Crippen LogP contribution < -0.4 is 29.1 Å². The van der Waals surface area contributed by atoms with Gasteiger partial charge < -0.3 is 23.7 Å². The summed E-state index contributed by atoms with van der Waals surface area (Å²) >= 11 is 1.25. The van der Waals surface area contributed by atoms with Crippen molar-refractivity contribution < 1.29 is 28.5 Å². The number of nitrogens with zero attached hydrogens (tertiary/aromatic N) is 2. The van der Waals surface area contributed by atoms with Gasteiger partial charge in [0.2, 0.25) is 0 Å². The lowest BCUT2D eigenvalue weighted by atomic mass is 9.94. The van der Waals surface area contributed by atoms with Crippen LogP contribution in [-0.4, -0.2) is 51.2 Å².